The van der Waals surface area contributed by atoms with Crippen LogP contribution in [0.3, 0.4) is 0 Å². The molecule has 4 nitrogen and oxygen atoms in total. The quantitative estimate of drug-likeness (QED) is 0.447. The maximum absolute atomic E-state index is 10.5. The molecular weight excluding hydrogens is 157 g/mol. The van der Waals surface area contributed by atoms with Crippen LogP contribution in [0, 0.1) is 0 Å². The zero-order valence-electron chi connectivity index (χ0n) is 6.17. The van der Waals surface area contributed by atoms with Crippen molar-refractivity contribution in [1.29, 1.82) is 0 Å². The molecule has 0 heterocycles. The van der Waals surface area contributed by atoms with Crippen LogP contribution in [0.4, 0.5) is 0 Å². The first kappa shape index (κ1) is 13.4. The van der Waals surface area contributed by atoms with Gasteiger partial charge in [-0.3, -0.25) is 14.4 Å². The van der Waals surface area contributed by atoms with E-state index in [0.717, 1.165) is 0 Å². The van der Waals surface area contributed by atoms with Crippen molar-refractivity contribution >= 4 is 47.3 Å². The first-order valence-corrected chi connectivity index (χ1v) is 2.78. The van der Waals surface area contributed by atoms with E-state index in [-0.39, 0.29) is 29.6 Å². The van der Waals surface area contributed by atoms with E-state index in [0.29, 0.717) is 4.90 Å². The monoisotopic (exact) mass is 167 g/mol. The SMILES string of the molecule is CC(=O)N(C(C)=O)C(C)=O.[NaH]. The van der Waals surface area contributed by atoms with Gasteiger partial charge in [0, 0.05) is 20.8 Å². The van der Waals surface area contributed by atoms with Crippen LogP contribution in [0.2, 0.25) is 0 Å². The molecule has 0 unspecified atom stereocenters. The molecule has 3 amide bonds. The Morgan fingerprint density at radius 3 is 1.00 bits per heavy atom. The van der Waals surface area contributed by atoms with Crippen LogP contribution in [0.1, 0.15) is 20.8 Å². The van der Waals surface area contributed by atoms with E-state index in [1.54, 1.807) is 0 Å². The van der Waals surface area contributed by atoms with Crippen molar-refractivity contribution in [2.75, 3.05) is 0 Å². The molecule has 0 aromatic heterocycles. The van der Waals surface area contributed by atoms with Crippen molar-refractivity contribution in [2.45, 2.75) is 20.8 Å². The third-order valence-electron chi connectivity index (χ3n) is 0.945. The Balaban J connectivity index is 0. The number of nitrogens with zero attached hydrogens (tertiary/aromatic N) is 1. The van der Waals surface area contributed by atoms with Crippen LogP contribution in [-0.2, 0) is 14.4 Å². The molecule has 0 aliphatic heterocycles. The number of imide groups is 3. The summed E-state index contributed by atoms with van der Waals surface area (Å²) in [5.74, 6) is -1.62. The van der Waals surface area contributed by atoms with Gasteiger partial charge in [0.15, 0.2) is 0 Å². The van der Waals surface area contributed by atoms with Crippen LogP contribution >= 0.6 is 0 Å². The molecule has 5 heteroatoms. The first-order chi connectivity index (χ1) is 4.46. The molecule has 0 radical (unpaired) electrons. The minimum absolute atomic E-state index is 0. The fourth-order valence-electron chi connectivity index (χ4n) is 0.665. The molecular formula is C6H10NNaO3. The molecule has 0 N–H and O–H groups in total. The van der Waals surface area contributed by atoms with Crippen molar-refractivity contribution in [1.82, 2.24) is 4.90 Å². The topological polar surface area (TPSA) is 54.5 Å². The van der Waals surface area contributed by atoms with Crippen molar-refractivity contribution in [3.8, 4) is 0 Å². The van der Waals surface area contributed by atoms with Crippen LogP contribution in [0.5, 0.6) is 0 Å². The first-order valence-electron chi connectivity index (χ1n) is 2.78. The molecule has 0 saturated carbocycles. The summed E-state index contributed by atoms with van der Waals surface area (Å²) in [6.45, 7) is 3.51. The second kappa shape index (κ2) is 5.46. The number of hydrogen-bond acceptors (Lipinski definition) is 3. The van der Waals surface area contributed by atoms with Gasteiger partial charge in [-0.2, -0.15) is 0 Å². The van der Waals surface area contributed by atoms with Crippen molar-refractivity contribution in [2.24, 2.45) is 0 Å². The van der Waals surface area contributed by atoms with Gasteiger partial charge in [-0.05, 0) is 0 Å². The number of amides is 3. The third kappa shape index (κ3) is 4.29. The van der Waals surface area contributed by atoms with Gasteiger partial charge in [-0.1, -0.05) is 0 Å². The summed E-state index contributed by atoms with van der Waals surface area (Å²) in [5, 5.41) is 0. The van der Waals surface area contributed by atoms with Crippen molar-refractivity contribution < 1.29 is 14.4 Å². The summed E-state index contributed by atoms with van der Waals surface area (Å²) in [6.07, 6.45) is 0. The summed E-state index contributed by atoms with van der Waals surface area (Å²) < 4.78 is 0. The maximum atomic E-state index is 10.5. The summed E-state index contributed by atoms with van der Waals surface area (Å²) in [6, 6.07) is 0. The number of carbonyl (C=O) groups excluding carboxylic acids is 3. The van der Waals surface area contributed by atoms with Crippen molar-refractivity contribution in [3.63, 3.8) is 0 Å². The van der Waals surface area contributed by atoms with Gasteiger partial charge in [-0.25, -0.2) is 4.90 Å². The zero-order valence-corrected chi connectivity index (χ0v) is 6.17. The Kier molecular flexibility index (Phi) is 6.65. The van der Waals surface area contributed by atoms with Gasteiger partial charge in [0.1, 0.15) is 0 Å². The molecule has 0 aromatic rings. The Hall–Kier alpha value is -0.190. The molecule has 0 aromatic carbocycles. The summed E-state index contributed by atoms with van der Waals surface area (Å²) >= 11 is 0. The Bertz CT molecular complexity index is 157. The van der Waals surface area contributed by atoms with Gasteiger partial charge in [0.2, 0.25) is 17.7 Å². The fraction of sp³-hybridized carbons (Fsp3) is 0.500. The Labute approximate surface area is 87.2 Å². The minimum atomic E-state index is -0.542. The van der Waals surface area contributed by atoms with E-state index in [1.165, 1.54) is 20.8 Å². The number of rotatable bonds is 0. The van der Waals surface area contributed by atoms with E-state index in [9.17, 15) is 14.4 Å². The van der Waals surface area contributed by atoms with E-state index >= 15 is 0 Å². The average Bonchev–Trinajstić information content (AvgIpc) is 1.59. The van der Waals surface area contributed by atoms with Gasteiger partial charge in [0.25, 0.3) is 0 Å². The molecule has 0 fully saturated rings. The molecule has 0 aliphatic carbocycles. The Morgan fingerprint density at radius 1 is 0.818 bits per heavy atom. The standard InChI is InChI=1S/C6H9NO3.Na.H/c1-4(8)7(5(2)9)6(3)10;;/h1-3H3;;. The predicted octanol–water partition coefficient (Wildman–Crippen LogP) is -0.721. The normalized spacial score (nSPS) is 7.91. The summed E-state index contributed by atoms with van der Waals surface area (Å²) in [7, 11) is 0. The van der Waals surface area contributed by atoms with Gasteiger partial charge in [-0.15, -0.1) is 0 Å². The molecule has 11 heavy (non-hydrogen) atoms. The van der Waals surface area contributed by atoms with Gasteiger partial charge < -0.3 is 0 Å². The van der Waals surface area contributed by atoms with Crippen LogP contribution in [0.25, 0.3) is 0 Å². The molecule has 0 atom stereocenters. The summed E-state index contributed by atoms with van der Waals surface area (Å²) in [5.41, 5.74) is 0. The third-order valence-corrected chi connectivity index (χ3v) is 0.945. The zero-order chi connectivity index (χ0) is 8.31. The van der Waals surface area contributed by atoms with Crippen LogP contribution in [-0.4, -0.2) is 52.2 Å². The van der Waals surface area contributed by atoms with E-state index in [4.69, 9.17) is 0 Å². The molecule has 0 aliphatic rings. The number of carbonyl (C=O) groups is 3. The van der Waals surface area contributed by atoms with E-state index in [2.05, 4.69) is 0 Å². The second-order valence-corrected chi connectivity index (χ2v) is 1.89. The summed E-state index contributed by atoms with van der Waals surface area (Å²) in [4.78, 5) is 32.1. The van der Waals surface area contributed by atoms with Gasteiger partial charge >= 0.3 is 29.6 Å². The van der Waals surface area contributed by atoms with Crippen molar-refractivity contribution in [3.05, 3.63) is 0 Å². The fourth-order valence-corrected chi connectivity index (χ4v) is 0.665. The second-order valence-electron chi connectivity index (χ2n) is 1.89. The number of hydrogen-bond donors (Lipinski definition) is 0. The van der Waals surface area contributed by atoms with E-state index < -0.39 is 17.7 Å². The molecule has 58 valence electrons. The predicted molar refractivity (Wildman–Crippen MR) is 41.0 cm³/mol. The average molecular weight is 167 g/mol. The van der Waals surface area contributed by atoms with E-state index in [1.807, 2.05) is 0 Å². The van der Waals surface area contributed by atoms with Gasteiger partial charge in [0.05, 0.1) is 0 Å². The van der Waals surface area contributed by atoms with Crippen LogP contribution < -0.4 is 0 Å². The molecule has 0 bridgehead atoms. The molecule has 0 spiro atoms. The molecule has 0 rings (SSSR count). The Morgan fingerprint density at radius 2 is 1.00 bits per heavy atom. The molecule has 0 saturated heterocycles. The van der Waals surface area contributed by atoms with Crippen LogP contribution in [0.15, 0.2) is 0 Å².